The standard InChI is InChI=1S/C16H21N3O4S/c1-10-14(24-18-17-10)9-19(3)8-12-6-5-7-13(22-4)15(12)23-11(2)16(20)21/h5-7,11H,8-9H2,1-4H3,(H,20,21). The molecule has 24 heavy (non-hydrogen) atoms. The predicted octanol–water partition coefficient (Wildman–Crippen LogP) is 2.34. The highest BCUT2D eigenvalue weighted by molar-refractivity contribution is 7.05. The number of hydrogen-bond acceptors (Lipinski definition) is 7. The molecule has 0 aliphatic heterocycles. The zero-order valence-corrected chi connectivity index (χ0v) is 15.0. The minimum Gasteiger partial charge on any atom is -0.493 e. The van der Waals surface area contributed by atoms with Crippen molar-refractivity contribution in [2.75, 3.05) is 14.2 Å². The number of para-hydroxylation sites is 1. The number of methoxy groups -OCH3 is 1. The number of nitrogens with zero attached hydrogens (tertiary/aromatic N) is 3. The monoisotopic (exact) mass is 351 g/mol. The minimum atomic E-state index is -1.02. The van der Waals surface area contributed by atoms with Gasteiger partial charge in [0.05, 0.1) is 17.7 Å². The number of carbonyl (C=O) groups is 1. The van der Waals surface area contributed by atoms with E-state index in [1.165, 1.54) is 25.6 Å². The Balaban J connectivity index is 2.19. The molecule has 1 atom stereocenters. The fourth-order valence-electron chi connectivity index (χ4n) is 2.20. The van der Waals surface area contributed by atoms with Gasteiger partial charge in [0.15, 0.2) is 17.6 Å². The minimum absolute atomic E-state index is 0.459. The Morgan fingerprint density at radius 2 is 2.17 bits per heavy atom. The maximum atomic E-state index is 11.1. The Labute approximate surface area is 145 Å². The number of ether oxygens (including phenoxy) is 2. The maximum absolute atomic E-state index is 11.1. The third-order valence-corrected chi connectivity index (χ3v) is 4.33. The number of aliphatic carboxylic acids is 1. The molecular formula is C16H21N3O4S. The van der Waals surface area contributed by atoms with Crippen molar-refractivity contribution in [3.05, 3.63) is 34.3 Å². The number of benzene rings is 1. The van der Waals surface area contributed by atoms with Crippen LogP contribution in [-0.4, -0.2) is 45.8 Å². The molecule has 2 aromatic rings. The van der Waals surface area contributed by atoms with Gasteiger partial charge in [-0.15, -0.1) is 5.10 Å². The number of aromatic nitrogens is 2. The second kappa shape index (κ2) is 8.07. The number of aryl methyl sites for hydroxylation is 1. The van der Waals surface area contributed by atoms with Crippen molar-refractivity contribution < 1.29 is 19.4 Å². The molecule has 7 nitrogen and oxygen atoms in total. The molecule has 1 N–H and O–H groups in total. The largest absolute Gasteiger partial charge is 0.493 e. The highest BCUT2D eigenvalue weighted by Crippen LogP contribution is 2.33. The van der Waals surface area contributed by atoms with E-state index in [9.17, 15) is 4.79 Å². The Bertz CT molecular complexity index is 704. The van der Waals surface area contributed by atoms with Crippen molar-refractivity contribution in [1.29, 1.82) is 0 Å². The van der Waals surface area contributed by atoms with E-state index in [0.29, 0.717) is 24.6 Å². The fraction of sp³-hybridized carbons (Fsp3) is 0.438. The zero-order valence-electron chi connectivity index (χ0n) is 14.1. The van der Waals surface area contributed by atoms with Crippen LogP contribution in [0, 0.1) is 6.92 Å². The zero-order chi connectivity index (χ0) is 17.7. The lowest BCUT2D eigenvalue weighted by Gasteiger charge is -2.21. The first-order valence-corrected chi connectivity index (χ1v) is 8.21. The van der Waals surface area contributed by atoms with Crippen LogP contribution in [0.25, 0.3) is 0 Å². The molecule has 0 spiro atoms. The van der Waals surface area contributed by atoms with Gasteiger partial charge in [-0.3, -0.25) is 4.90 Å². The normalized spacial score (nSPS) is 12.2. The van der Waals surface area contributed by atoms with Crippen LogP contribution in [0.3, 0.4) is 0 Å². The molecular weight excluding hydrogens is 330 g/mol. The summed E-state index contributed by atoms with van der Waals surface area (Å²) >= 11 is 1.38. The number of hydrogen-bond donors (Lipinski definition) is 1. The summed E-state index contributed by atoms with van der Waals surface area (Å²) in [5, 5.41) is 13.1. The number of carboxylic acids is 1. The summed E-state index contributed by atoms with van der Waals surface area (Å²) < 4.78 is 14.9. The van der Waals surface area contributed by atoms with Crippen molar-refractivity contribution in [2.24, 2.45) is 0 Å². The summed E-state index contributed by atoms with van der Waals surface area (Å²) in [6.07, 6.45) is -0.960. The van der Waals surface area contributed by atoms with Crippen LogP contribution in [0.5, 0.6) is 11.5 Å². The molecule has 0 saturated heterocycles. The van der Waals surface area contributed by atoms with E-state index in [1.807, 2.05) is 26.1 Å². The fourth-order valence-corrected chi connectivity index (χ4v) is 2.91. The van der Waals surface area contributed by atoms with Crippen molar-refractivity contribution in [2.45, 2.75) is 33.0 Å². The van der Waals surface area contributed by atoms with Crippen molar-refractivity contribution in [3.63, 3.8) is 0 Å². The van der Waals surface area contributed by atoms with E-state index in [1.54, 1.807) is 6.07 Å². The van der Waals surface area contributed by atoms with E-state index in [4.69, 9.17) is 14.6 Å². The van der Waals surface area contributed by atoms with Gasteiger partial charge in [0.2, 0.25) is 0 Å². The van der Waals surface area contributed by atoms with Crippen molar-refractivity contribution in [3.8, 4) is 11.5 Å². The van der Waals surface area contributed by atoms with E-state index in [0.717, 1.165) is 16.1 Å². The SMILES string of the molecule is COc1cccc(CN(C)Cc2snnc2C)c1OC(C)C(=O)O. The molecule has 0 fully saturated rings. The third-order valence-electron chi connectivity index (χ3n) is 3.52. The lowest BCUT2D eigenvalue weighted by Crippen LogP contribution is -2.24. The molecule has 130 valence electrons. The second-order valence-electron chi connectivity index (χ2n) is 5.50. The van der Waals surface area contributed by atoms with Gasteiger partial charge in [-0.25, -0.2) is 4.79 Å². The van der Waals surface area contributed by atoms with E-state index in [2.05, 4.69) is 14.5 Å². The molecule has 0 bridgehead atoms. The molecule has 0 aliphatic rings. The first kappa shape index (κ1) is 18.2. The highest BCUT2D eigenvalue weighted by atomic mass is 32.1. The van der Waals surface area contributed by atoms with Crippen LogP contribution in [0.2, 0.25) is 0 Å². The molecule has 1 aromatic heterocycles. The van der Waals surface area contributed by atoms with Crippen LogP contribution in [0.1, 0.15) is 23.1 Å². The van der Waals surface area contributed by atoms with Gasteiger partial charge in [-0.05, 0) is 38.5 Å². The van der Waals surface area contributed by atoms with Gasteiger partial charge in [0, 0.05) is 18.7 Å². The van der Waals surface area contributed by atoms with Crippen LogP contribution < -0.4 is 9.47 Å². The summed E-state index contributed by atoms with van der Waals surface area (Å²) in [4.78, 5) is 14.3. The molecule has 0 saturated carbocycles. The predicted molar refractivity (Wildman–Crippen MR) is 90.5 cm³/mol. The molecule has 0 amide bonds. The van der Waals surface area contributed by atoms with Gasteiger partial charge in [0.25, 0.3) is 0 Å². The first-order valence-electron chi connectivity index (χ1n) is 7.44. The van der Waals surface area contributed by atoms with Crippen LogP contribution >= 0.6 is 11.5 Å². The Morgan fingerprint density at radius 1 is 1.42 bits per heavy atom. The molecule has 1 unspecified atom stereocenters. The summed E-state index contributed by atoms with van der Waals surface area (Å²) in [5.41, 5.74) is 1.79. The lowest BCUT2D eigenvalue weighted by atomic mass is 10.1. The van der Waals surface area contributed by atoms with E-state index >= 15 is 0 Å². The van der Waals surface area contributed by atoms with Crippen LogP contribution in [0.4, 0.5) is 0 Å². The highest BCUT2D eigenvalue weighted by Gasteiger charge is 2.19. The molecule has 1 heterocycles. The topological polar surface area (TPSA) is 84.8 Å². The van der Waals surface area contributed by atoms with Crippen molar-refractivity contribution >= 4 is 17.5 Å². The van der Waals surface area contributed by atoms with Crippen molar-refractivity contribution in [1.82, 2.24) is 14.5 Å². The number of carboxylic acid groups (broad SMARTS) is 1. The summed E-state index contributed by atoms with van der Waals surface area (Å²) in [5.74, 6) is -0.0443. The van der Waals surface area contributed by atoms with Gasteiger partial charge >= 0.3 is 5.97 Å². The molecule has 0 aliphatic carbocycles. The summed E-state index contributed by atoms with van der Waals surface area (Å²) in [7, 11) is 3.51. The number of rotatable bonds is 8. The lowest BCUT2D eigenvalue weighted by molar-refractivity contribution is -0.144. The van der Waals surface area contributed by atoms with Gasteiger partial charge < -0.3 is 14.6 Å². The third kappa shape index (κ3) is 4.42. The molecule has 0 radical (unpaired) electrons. The Hall–Kier alpha value is -2.19. The van der Waals surface area contributed by atoms with Crippen LogP contribution in [0.15, 0.2) is 18.2 Å². The average molecular weight is 351 g/mol. The Kier molecular flexibility index (Phi) is 6.10. The molecule has 1 aromatic carbocycles. The molecule has 2 rings (SSSR count). The van der Waals surface area contributed by atoms with Gasteiger partial charge in [-0.2, -0.15) is 0 Å². The smallest absolute Gasteiger partial charge is 0.344 e. The molecule has 8 heteroatoms. The Morgan fingerprint density at radius 3 is 2.75 bits per heavy atom. The first-order chi connectivity index (χ1) is 11.4. The maximum Gasteiger partial charge on any atom is 0.344 e. The van der Waals surface area contributed by atoms with Gasteiger partial charge in [-0.1, -0.05) is 16.6 Å². The average Bonchev–Trinajstić information content (AvgIpc) is 2.93. The second-order valence-corrected chi connectivity index (χ2v) is 6.34. The van der Waals surface area contributed by atoms with E-state index in [-0.39, 0.29) is 0 Å². The summed E-state index contributed by atoms with van der Waals surface area (Å²) in [6.45, 7) is 4.71. The van der Waals surface area contributed by atoms with Gasteiger partial charge in [0.1, 0.15) is 0 Å². The summed E-state index contributed by atoms with van der Waals surface area (Å²) in [6, 6.07) is 5.52. The quantitative estimate of drug-likeness (QED) is 0.781. The van der Waals surface area contributed by atoms with E-state index < -0.39 is 12.1 Å². The van der Waals surface area contributed by atoms with Crippen LogP contribution in [-0.2, 0) is 17.9 Å².